The van der Waals surface area contributed by atoms with Crippen molar-refractivity contribution in [1.82, 2.24) is 14.0 Å². The number of ether oxygens (including phenoxy) is 2. The van der Waals surface area contributed by atoms with Crippen molar-refractivity contribution < 1.29 is 14.3 Å². The van der Waals surface area contributed by atoms with Crippen LogP contribution < -0.4 is 26.0 Å². The van der Waals surface area contributed by atoms with Gasteiger partial charge in [0.1, 0.15) is 18.9 Å². The number of amides is 1. The minimum Gasteiger partial charge on any atom is -0.486 e. The molecule has 0 spiro atoms. The van der Waals surface area contributed by atoms with Gasteiger partial charge in [-0.2, -0.15) is 0 Å². The second-order valence-corrected chi connectivity index (χ2v) is 7.36. The Hall–Kier alpha value is -3.23. The molecule has 0 unspecified atom stereocenters. The van der Waals surface area contributed by atoms with Gasteiger partial charge in [-0.3, -0.25) is 18.7 Å². The molecule has 0 bridgehead atoms. The molecular weight excluding hydrogens is 376 g/mol. The molecule has 29 heavy (non-hydrogen) atoms. The van der Waals surface area contributed by atoms with Gasteiger partial charge in [0.15, 0.2) is 11.5 Å². The summed E-state index contributed by atoms with van der Waals surface area (Å²) in [6, 6.07) is 6.98. The number of fused-ring (bicyclic) bond motifs is 1. The Morgan fingerprint density at radius 3 is 2.62 bits per heavy atom. The number of aromatic nitrogens is 2. The molecule has 9 heteroatoms. The summed E-state index contributed by atoms with van der Waals surface area (Å²) in [6.45, 7) is 2.14. The number of rotatable bonds is 3. The number of carbonyl (C=O) groups is 1. The van der Waals surface area contributed by atoms with Gasteiger partial charge in [0, 0.05) is 51.0 Å². The fourth-order valence-electron chi connectivity index (χ4n) is 3.75. The van der Waals surface area contributed by atoms with E-state index >= 15 is 0 Å². The van der Waals surface area contributed by atoms with E-state index in [1.807, 2.05) is 18.2 Å². The maximum atomic E-state index is 13.0. The summed E-state index contributed by atoms with van der Waals surface area (Å²) in [5.41, 5.74) is 0.0100. The molecule has 2 aliphatic rings. The maximum Gasteiger partial charge on any atom is 0.331 e. The van der Waals surface area contributed by atoms with Crippen LogP contribution >= 0.6 is 0 Å². The van der Waals surface area contributed by atoms with Crippen molar-refractivity contribution in [1.29, 1.82) is 0 Å². The maximum absolute atomic E-state index is 13.0. The van der Waals surface area contributed by atoms with Gasteiger partial charge in [0.05, 0.1) is 0 Å². The van der Waals surface area contributed by atoms with E-state index in [0.717, 1.165) is 28.8 Å². The van der Waals surface area contributed by atoms with Crippen LogP contribution in [0.25, 0.3) is 0 Å². The molecule has 1 N–H and O–H groups in total. The third-order valence-electron chi connectivity index (χ3n) is 5.37. The van der Waals surface area contributed by atoms with Crippen LogP contribution in [0.5, 0.6) is 11.5 Å². The minimum atomic E-state index is -0.510. The van der Waals surface area contributed by atoms with Gasteiger partial charge >= 0.3 is 5.69 Å². The number of benzene rings is 1. The second-order valence-electron chi connectivity index (χ2n) is 7.36. The number of hydrogen-bond acceptors (Lipinski definition) is 6. The van der Waals surface area contributed by atoms with Crippen LogP contribution in [0.3, 0.4) is 0 Å². The predicted octanol–water partition coefficient (Wildman–Crippen LogP) is 0.572. The molecule has 0 radical (unpaired) electrons. The van der Waals surface area contributed by atoms with Crippen LogP contribution in [0.15, 0.2) is 33.9 Å². The number of nitrogens with one attached hydrogen (secondary N) is 1. The van der Waals surface area contributed by atoms with Crippen LogP contribution in [0.4, 0.5) is 5.69 Å². The molecule has 0 saturated carbocycles. The van der Waals surface area contributed by atoms with Gasteiger partial charge in [0.25, 0.3) is 11.5 Å². The van der Waals surface area contributed by atoms with Crippen molar-refractivity contribution in [2.75, 3.05) is 31.6 Å². The smallest absolute Gasteiger partial charge is 0.331 e. The van der Waals surface area contributed by atoms with Gasteiger partial charge in [-0.15, -0.1) is 0 Å². The number of piperidine rings is 1. The summed E-state index contributed by atoms with van der Waals surface area (Å²) in [7, 11) is 2.90. The van der Waals surface area contributed by atoms with Crippen LogP contribution in [0.1, 0.15) is 23.3 Å². The number of carbonyl (C=O) groups excluding carboxylic acids is 1. The van der Waals surface area contributed by atoms with Gasteiger partial charge in [0.2, 0.25) is 0 Å². The molecule has 1 fully saturated rings. The van der Waals surface area contributed by atoms with Crippen LogP contribution in [0, 0.1) is 0 Å². The van der Waals surface area contributed by atoms with Crippen molar-refractivity contribution in [3.8, 4) is 11.5 Å². The van der Waals surface area contributed by atoms with Gasteiger partial charge in [-0.1, -0.05) is 0 Å². The van der Waals surface area contributed by atoms with E-state index in [9.17, 15) is 14.4 Å². The lowest BCUT2D eigenvalue weighted by atomic mass is 10.0. The summed E-state index contributed by atoms with van der Waals surface area (Å²) in [4.78, 5) is 38.8. The first kappa shape index (κ1) is 19.1. The van der Waals surface area contributed by atoms with E-state index in [2.05, 4.69) is 5.32 Å². The zero-order valence-corrected chi connectivity index (χ0v) is 16.5. The molecule has 3 heterocycles. The van der Waals surface area contributed by atoms with Gasteiger partial charge in [-0.05, 0) is 25.0 Å². The third kappa shape index (κ3) is 3.72. The highest BCUT2D eigenvalue weighted by Crippen LogP contribution is 2.33. The highest BCUT2D eigenvalue weighted by Gasteiger charge is 2.27. The van der Waals surface area contributed by atoms with Crippen molar-refractivity contribution in [2.24, 2.45) is 14.1 Å². The molecule has 2 aromatic rings. The minimum absolute atomic E-state index is 0.0545. The third-order valence-corrected chi connectivity index (χ3v) is 5.37. The molecule has 4 rings (SSSR count). The summed E-state index contributed by atoms with van der Waals surface area (Å²) in [5, 5.41) is 3.45. The SMILES string of the molecule is Cn1c(C(=O)N2CCC[C@H](Nc3ccc4c(c3)OCCO4)C2)cc(=O)n(C)c1=O. The average molecular weight is 400 g/mol. The summed E-state index contributed by atoms with van der Waals surface area (Å²) in [5.74, 6) is 1.13. The molecule has 1 atom stereocenters. The Kier molecular flexibility index (Phi) is 5.04. The van der Waals surface area contributed by atoms with Crippen molar-refractivity contribution in [3.63, 3.8) is 0 Å². The lowest BCUT2D eigenvalue weighted by Crippen LogP contribution is -2.48. The highest BCUT2D eigenvalue weighted by atomic mass is 16.6. The molecule has 154 valence electrons. The average Bonchev–Trinajstić information content (AvgIpc) is 2.74. The Morgan fingerprint density at radius 1 is 1.07 bits per heavy atom. The lowest BCUT2D eigenvalue weighted by molar-refractivity contribution is 0.0702. The topological polar surface area (TPSA) is 94.8 Å². The van der Waals surface area contributed by atoms with Gasteiger partial charge in [-0.25, -0.2) is 4.79 Å². The van der Waals surface area contributed by atoms with E-state index in [1.54, 1.807) is 4.90 Å². The normalized spacial score (nSPS) is 18.4. The quantitative estimate of drug-likeness (QED) is 0.810. The number of nitrogens with zero attached hydrogens (tertiary/aromatic N) is 3. The zero-order valence-electron chi connectivity index (χ0n) is 16.5. The number of anilines is 1. The summed E-state index contributed by atoms with van der Waals surface area (Å²) in [6.07, 6.45) is 1.74. The van der Waals surface area contributed by atoms with Crippen LogP contribution in [0.2, 0.25) is 0 Å². The molecule has 1 aromatic heterocycles. The van der Waals surface area contributed by atoms with Crippen molar-refractivity contribution in [2.45, 2.75) is 18.9 Å². The first-order valence-electron chi connectivity index (χ1n) is 9.66. The monoisotopic (exact) mass is 400 g/mol. The molecule has 2 aliphatic heterocycles. The predicted molar refractivity (Wildman–Crippen MR) is 107 cm³/mol. The van der Waals surface area contributed by atoms with E-state index in [0.29, 0.717) is 32.1 Å². The lowest BCUT2D eigenvalue weighted by Gasteiger charge is -2.34. The summed E-state index contributed by atoms with van der Waals surface area (Å²) < 4.78 is 13.4. The van der Waals surface area contributed by atoms with Crippen LogP contribution in [-0.2, 0) is 14.1 Å². The Morgan fingerprint density at radius 2 is 1.83 bits per heavy atom. The van der Waals surface area contributed by atoms with E-state index in [1.165, 1.54) is 24.7 Å². The Balaban J connectivity index is 1.49. The molecule has 1 amide bonds. The van der Waals surface area contributed by atoms with E-state index < -0.39 is 11.2 Å². The fourth-order valence-corrected chi connectivity index (χ4v) is 3.75. The molecule has 0 aliphatic carbocycles. The fraction of sp³-hybridized carbons (Fsp3) is 0.450. The highest BCUT2D eigenvalue weighted by molar-refractivity contribution is 5.92. The number of hydrogen-bond donors (Lipinski definition) is 1. The van der Waals surface area contributed by atoms with Gasteiger partial charge < -0.3 is 19.7 Å². The van der Waals surface area contributed by atoms with Crippen molar-refractivity contribution in [3.05, 3.63) is 50.8 Å². The first-order chi connectivity index (χ1) is 13.9. The Bertz CT molecular complexity index is 1060. The second kappa shape index (κ2) is 7.65. The molecule has 1 aromatic carbocycles. The van der Waals surface area contributed by atoms with E-state index in [4.69, 9.17) is 9.47 Å². The van der Waals surface area contributed by atoms with Crippen molar-refractivity contribution >= 4 is 11.6 Å². The first-order valence-corrected chi connectivity index (χ1v) is 9.66. The molecule has 1 saturated heterocycles. The number of likely N-dealkylation sites (tertiary alicyclic amines) is 1. The zero-order chi connectivity index (χ0) is 20.5. The summed E-state index contributed by atoms with van der Waals surface area (Å²) >= 11 is 0. The largest absolute Gasteiger partial charge is 0.486 e. The standard InChI is InChI=1S/C20H24N4O5/c1-22-15(11-18(25)23(2)20(22)27)19(26)24-7-3-4-14(12-24)21-13-5-6-16-17(10-13)29-9-8-28-16/h5-6,10-11,14,21H,3-4,7-9,12H2,1-2H3/t14-/m0/s1. The van der Waals surface area contributed by atoms with Crippen LogP contribution in [-0.4, -0.2) is 52.3 Å². The Labute approximate surface area is 167 Å². The molecular formula is C20H24N4O5. The van der Waals surface area contributed by atoms with E-state index in [-0.39, 0.29) is 17.6 Å². The molecule has 9 nitrogen and oxygen atoms in total.